The number of carbonyl (C=O) groups is 2. The zero-order valence-corrected chi connectivity index (χ0v) is 19.9. The topological polar surface area (TPSA) is 120 Å². The number of carbonyl (C=O) groups excluding carboxylic acids is 2. The van der Waals surface area contributed by atoms with Gasteiger partial charge in [-0.15, -0.1) is 0 Å². The summed E-state index contributed by atoms with van der Waals surface area (Å²) in [6, 6.07) is 9.33. The lowest BCUT2D eigenvalue weighted by Crippen LogP contribution is -2.44. The van der Waals surface area contributed by atoms with Crippen molar-refractivity contribution in [3.05, 3.63) is 62.9 Å². The zero-order chi connectivity index (χ0) is 24.9. The second kappa shape index (κ2) is 8.49. The predicted molar refractivity (Wildman–Crippen MR) is 128 cm³/mol. The molecule has 2 aliphatic rings. The highest BCUT2D eigenvalue weighted by atomic mass is 16.6. The van der Waals surface area contributed by atoms with E-state index < -0.39 is 17.7 Å². The summed E-state index contributed by atoms with van der Waals surface area (Å²) in [6.07, 6.45) is 0.0475. The number of hydrogen-bond donors (Lipinski definition) is 2. The molecule has 5 rings (SSSR count). The summed E-state index contributed by atoms with van der Waals surface area (Å²) in [6.45, 7) is 5.68. The number of benzene rings is 1. The van der Waals surface area contributed by atoms with Crippen molar-refractivity contribution in [2.24, 2.45) is 0 Å². The van der Waals surface area contributed by atoms with Gasteiger partial charge in [0, 0.05) is 29.0 Å². The molecule has 0 unspecified atom stereocenters. The maximum atomic E-state index is 13.5. The summed E-state index contributed by atoms with van der Waals surface area (Å²) in [5.41, 5.74) is 2.12. The van der Waals surface area contributed by atoms with Gasteiger partial charge in [0.2, 0.25) is 0 Å². The summed E-state index contributed by atoms with van der Waals surface area (Å²) in [7, 11) is 0. The number of rotatable bonds is 5. The van der Waals surface area contributed by atoms with Crippen LogP contribution in [0.5, 0.6) is 0 Å². The molecule has 9 heteroatoms. The monoisotopic (exact) mass is 477 g/mol. The number of nitrogens with one attached hydrogen (secondary N) is 1. The first kappa shape index (κ1) is 23.0. The molecule has 2 aliphatic heterocycles. The largest absolute Gasteiger partial charge is 0.458 e. The lowest BCUT2D eigenvalue weighted by molar-refractivity contribution is -0.172. The molecule has 0 fully saturated rings. The Morgan fingerprint density at radius 2 is 2.06 bits per heavy atom. The minimum Gasteiger partial charge on any atom is -0.458 e. The third-order valence-electron chi connectivity index (χ3n) is 6.70. The molecule has 182 valence electrons. The maximum absolute atomic E-state index is 13.5. The van der Waals surface area contributed by atoms with Gasteiger partial charge in [-0.05, 0) is 38.0 Å². The van der Waals surface area contributed by atoms with E-state index in [1.54, 1.807) is 17.6 Å². The molecule has 0 spiro atoms. The Hall–Kier alpha value is -3.72. The van der Waals surface area contributed by atoms with Crippen LogP contribution in [0.25, 0.3) is 22.3 Å². The lowest BCUT2D eigenvalue weighted by atomic mass is 9.86. The van der Waals surface area contributed by atoms with Crippen LogP contribution in [0.4, 0.5) is 4.79 Å². The van der Waals surface area contributed by atoms with E-state index in [4.69, 9.17) is 14.5 Å². The van der Waals surface area contributed by atoms with Crippen molar-refractivity contribution in [3.8, 4) is 11.4 Å². The van der Waals surface area contributed by atoms with E-state index in [2.05, 4.69) is 5.32 Å². The van der Waals surface area contributed by atoms with Crippen molar-refractivity contribution in [1.82, 2.24) is 14.9 Å². The minimum absolute atomic E-state index is 0.0291. The van der Waals surface area contributed by atoms with E-state index in [0.717, 1.165) is 22.0 Å². The summed E-state index contributed by atoms with van der Waals surface area (Å²) in [5.74, 6) is -0.751. The van der Waals surface area contributed by atoms with E-state index in [0.29, 0.717) is 24.4 Å². The Morgan fingerprint density at radius 1 is 1.29 bits per heavy atom. The molecule has 0 aliphatic carbocycles. The zero-order valence-electron chi connectivity index (χ0n) is 19.9. The van der Waals surface area contributed by atoms with Crippen molar-refractivity contribution >= 4 is 23.0 Å². The normalized spacial score (nSPS) is 18.1. The van der Waals surface area contributed by atoms with Gasteiger partial charge in [0.25, 0.3) is 5.56 Å². The molecule has 2 aromatic heterocycles. The molecule has 1 amide bonds. The van der Waals surface area contributed by atoms with Crippen LogP contribution in [0.15, 0.2) is 35.1 Å². The van der Waals surface area contributed by atoms with Crippen molar-refractivity contribution in [1.29, 1.82) is 0 Å². The van der Waals surface area contributed by atoms with E-state index in [1.807, 2.05) is 38.1 Å². The highest BCUT2D eigenvalue weighted by Gasteiger charge is 2.45. The van der Waals surface area contributed by atoms with Crippen molar-refractivity contribution in [2.75, 3.05) is 6.61 Å². The molecule has 1 aromatic carbocycles. The highest BCUT2D eigenvalue weighted by molar-refractivity contribution is 5.89. The number of fused-ring (bicyclic) bond motifs is 5. The summed E-state index contributed by atoms with van der Waals surface area (Å²) in [5, 5.41) is 14.7. The van der Waals surface area contributed by atoms with Crippen LogP contribution < -0.4 is 10.9 Å². The van der Waals surface area contributed by atoms with Crippen LogP contribution in [0, 0.1) is 0 Å². The fourth-order valence-corrected chi connectivity index (χ4v) is 4.92. The highest BCUT2D eigenvalue weighted by Crippen LogP contribution is 2.40. The maximum Gasteiger partial charge on any atom is 0.407 e. The number of cyclic esters (lactones) is 1. The van der Waals surface area contributed by atoms with Gasteiger partial charge in [-0.3, -0.25) is 4.79 Å². The number of para-hydroxylation sites is 1. The molecule has 35 heavy (non-hydrogen) atoms. The Morgan fingerprint density at radius 3 is 2.80 bits per heavy atom. The number of nitrogens with zero attached hydrogens (tertiary/aromatic N) is 2. The molecule has 0 saturated carbocycles. The number of ether oxygens (including phenoxy) is 2. The molecule has 1 atom stereocenters. The third kappa shape index (κ3) is 3.67. The quantitative estimate of drug-likeness (QED) is 0.424. The first-order valence-electron chi connectivity index (χ1n) is 11.8. The summed E-state index contributed by atoms with van der Waals surface area (Å²) in [4.78, 5) is 42.7. The SMILES string of the molecule is CC[C@@]1(O)C(=O)OCc2c1cc1n(c2=O)Cc2c-1nc1ccccc1c2CCOC(=O)NC(C)C. The van der Waals surface area contributed by atoms with Gasteiger partial charge >= 0.3 is 12.1 Å². The Bertz CT molecular complexity index is 1430. The number of hydrogen-bond acceptors (Lipinski definition) is 7. The van der Waals surface area contributed by atoms with Crippen molar-refractivity contribution in [2.45, 2.75) is 58.4 Å². The van der Waals surface area contributed by atoms with Gasteiger partial charge in [0.1, 0.15) is 6.61 Å². The lowest BCUT2D eigenvalue weighted by Gasteiger charge is -2.31. The molecule has 9 nitrogen and oxygen atoms in total. The number of aromatic nitrogens is 2. The number of aliphatic hydroxyl groups is 1. The Balaban J connectivity index is 1.62. The number of esters is 1. The van der Waals surface area contributed by atoms with E-state index >= 15 is 0 Å². The van der Waals surface area contributed by atoms with Crippen LogP contribution in [-0.2, 0) is 39.4 Å². The summed E-state index contributed by atoms with van der Waals surface area (Å²) >= 11 is 0. The minimum atomic E-state index is -1.87. The predicted octanol–water partition coefficient (Wildman–Crippen LogP) is 2.76. The van der Waals surface area contributed by atoms with Crippen LogP contribution >= 0.6 is 0 Å². The molecular formula is C26H27N3O6. The van der Waals surface area contributed by atoms with Gasteiger partial charge in [-0.2, -0.15) is 0 Å². The smallest absolute Gasteiger partial charge is 0.407 e. The van der Waals surface area contributed by atoms with Gasteiger partial charge in [0.05, 0.1) is 35.6 Å². The molecule has 0 bridgehead atoms. The van der Waals surface area contributed by atoms with Crippen LogP contribution in [0.1, 0.15) is 49.4 Å². The summed E-state index contributed by atoms with van der Waals surface area (Å²) < 4.78 is 12.1. The van der Waals surface area contributed by atoms with Crippen LogP contribution in [-0.4, -0.2) is 39.4 Å². The van der Waals surface area contributed by atoms with Gasteiger partial charge < -0.3 is 24.5 Å². The van der Waals surface area contributed by atoms with Crippen molar-refractivity contribution < 1.29 is 24.2 Å². The molecule has 4 heterocycles. The van der Waals surface area contributed by atoms with Crippen LogP contribution in [0.3, 0.4) is 0 Å². The second-order valence-corrected chi connectivity index (χ2v) is 9.22. The molecule has 0 saturated heterocycles. The molecule has 0 radical (unpaired) electrons. The average Bonchev–Trinajstić information content (AvgIpc) is 3.19. The van der Waals surface area contributed by atoms with Gasteiger partial charge in [-0.25, -0.2) is 14.6 Å². The number of amides is 1. The molecule has 3 aromatic rings. The average molecular weight is 478 g/mol. The molecule has 2 N–H and O–H groups in total. The van der Waals surface area contributed by atoms with E-state index in [-0.39, 0.29) is 42.4 Å². The third-order valence-corrected chi connectivity index (χ3v) is 6.70. The number of pyridine rings is 2. The standard InChI is InChI=1S/C26H27N3O6/c1-4-26(33)19-11-21-22-17(12-29(21)23(30)18(19)13-35-24(26)31)15(9-10-34-25(32)27-14(2)3)16-7-5-6-8-20(16)28-22/h5-8,11,14,33H,4,9-10,12-13H2,1-3H3,(H,27,32)/t26-/m0/s1. The first-order valence-corrected chi connectivity index (χ1v) is 11.8. The fraction of sp³-hybridized carbons (Fsp3) is 0.385. The van der Waals surface area contributed by atoms with Crippen LogP contribution in [0.2, 0.25) is 0 Å². The van der Waals surface area contributed by atoms with Crippen molar-refractivity contribution in [3.63, 3.8) is 0 Å². The van der Waals surface area contributed by atoms with E-state index in [1.165, 1.54) is 0 Å². The van der Waals surface area contributed by atoms with Gasteiger partial charge in [-0.1, -0.05) is 25.1 Å². The van der Waals surface area contributed by atoms with E-state index in [9.17, 15) is 19.5 Å². The number of alkyl carbamates (subject to hydrolysis) is 1. The Labute approximate surface area is 201 Å². The second-order valence-electron chi connectivity index (χ2n) is 9.22. The fourth-order valence-electron chi connectivity index (χ4n) is 4.92. The Kier molecular flexibility index (Phi) is 5.59. The first-order chi connectivity index (χ1) is 16.7. The van der Waals surface area contributed by atoms with Gasteiger partial charge in [0.15, 0.2) is 5.60 Å². The molecular weight excluding hydrogens is 450 g/mol.